The summed E-state index contributed by atoms with van der Waals surface area (Å²) in [6.07, 6.45) is -4.71. The molecule has 3 N–H and O–H groups in total. The highest BCUT2D eigenvalue weighted by atomic mass is 35.5. The average Bonchev–Trinajstić information content (AvgIpc) is 2.46. The van der Waals surface area contributed by atoms with Crippen molar-refractivity contribution in [2.45, 2.75) is 6.18 Å². The Morgan fingerprint density at radius 1 is 1.04 bits per heavy atom. The van der Waals surface area contributed by atoms with Gasteiger partial charge in [-0.25, -0.2) is 4.79 Å². The van der Waals surface area contributed by atoms with Gasteiger partial charge in [-0.1, -0.05) is 17.7 Å². The van der Waals surface area contributed by atoms with Crippen LogP contribution in [0, 0.1) is 0 Å². The molecule has 0 aliphatic heterocycles. The van der Waals surface area contributed by atoms with Crippen molar-refractivity contribution in [3.8, 4) is 11.1 Å². The van der Waals surface area contributed by atoms with Gasteiger partial charge in [0.05, 0.1) is 21.7 Å². The van der Waals surface area contributed by atoms with Gasteiger partial charge in [0.15, 0.2) is 0 Å². The lowest BCUT2D eigenvalue weighted by atomic mass is 9.98. The highest BCUT2D eigenvalue weighted by Crippen LogP contribution is 2.34. The lowest BCUT2D eigenvalue weighted by molar-refractivity contribution is -0.137. The first-order valence-corrected chi connectivity index (χ1v) is 6.52. The van der Waals surface area contributed by atoms with Crippen molar-refractivity contribution >= 4 is 23.5 Å². The van der Waals surface area contributed by atoms with Crippen LogP contribution in [0.15, 0.2) is 36.4 Å². The van der Waals surface area contributed by atoms with Crippen LogP contribution in [0.5, 0.6) is 0 Å². The van der Waals surface area contributed by atoms with Gasteiger partial charge in [0.25, 0.3) is 0 Å². The third-order valence-corrected chi connectivity index (χ3v) is 3.40. The second-order valence-electron chi connectivity index (χ2n) is 4.66. The van der Waals surface area contributed by atoms with Crippen molar-refractivity contribution < 1.29 is 27.9 Å². The van der Waals surface area contributed by atoms with Gasteiger partial charge in [-0.15, -0.1) is 0 Å². The number of alkyl halides is 3. The lowest BCUT2D eigenvalue weighted by Gasteiger charge is -2.12. The Morgan fingerprint density at radius 3 is 2.22 bits per heavy atom. The minimum atomic E-state index is -4.71. The van der Waals surface area contributed by atoms with Gasteiger partial charge in [0.2, 0.25) is 5.91 Å². The Morgan fingerprint density at radius 2 is 1.70 bits per heavy atom. The molecule has 8 heteroatoms. The molecule has 0 radical (unpaired) electrons. The lowest BCUT2D eigenvalue weighted by Crippen LogP contribution is -2.12. The third kappa shape index (κ3) is 3.62. The minimum Gasteiger partial charge on any atom is -0.478 e. The van der Waals surface area contributed by atoms with Crippen molar-refractivity contribution in [2.75, 3.05) is 0 Å². The summed E-state index contributed by atoms with van der Waals surface area (Å²) in [4.78, 5) is 22.3. The zero-order valence-electron chi connectivity index (χ0n) is 11.3. The summed E-state index contributed by atoms with van der Waals surface area (Å²) in [5.41, 5.74) is 3.61. The molecule has 23 heavy (non-hydrogen) atoms. The summed E-state index contributed by atoms with van der Waals surface area (Å²) in [7, 11) is 0. The molecule has 0 fully saturated rings. The molecular formula is C15H9ClF3NO3. The van der Waals surface area contributed by atoms with Gasteiger partial charge in [-0.2, -0.15) is 13.2 Å². The predicted octanol–water partition coefficient (Wildman–Crippen LogP) is 3.82. The molecule has 2 rings (SSSR count). The van der Waals surface area contributed by atoms with E-state index in [1.807, 2.05) is 0 Å². The number of carbonyl (C=O) groups excluding carboxylic acids is 1. The maximum Gasteiger partial charge on any atom is 0.416 e. The van der Waals surface area contributed by atoms with E-state index in [1.54, 1.807) is 0 Å². The second kappa shape index (κ2) is 5.92. The maximum atomic E-state index is 12.9. The van der Waals surface area contributed by atoms with E-state index in [0.717, 1.165) is 12.1 Å². The van der Waals surface area contributed by atoms with Crippen molar-refractivity contribution in [3.05, 3.63) is 58.1 Å². The first-order valence-electron chi connectivity index (χ1n) is 6.15. The van der Waals surface area contributed by atoms with E-state index >= 15 is 0 Å². The molecule has 0 spiro atoms. The van der Waals surface area contributed by atoms with Crippen LogP contribution in [0.3, 0.4) is 0 Å². The van der Waals surface area contributed by atoms with E-state index in [0.29, 0.717) is 6.07 Å². The van der Waals surface area contributed by atoms with Gasteiger partial charge in [0.1, 0.15) is 0 Å². The molecule has 0 bridgehead atoms. The third-order valence-electron chi connectivity index (χ3n) is 3.07. The molecule has 1 amide bonds. The number of primary amides is 1. The van der Waals surface area contributed by atoms with Crippen molar-refractivity contribution in [1.82, 2.24) is 0 Å². The van der Waals surface area contributed by atoms with Crippen LogP contribution in [0.2, 0.25) is 5.02 Å². The molecule has 120 valence electrons. The molecule has 0 aliphatic rings. The quantitative estimate of drug-likeness (QED) is 0.889. The van der Waals surface area contributed by atoms with Crippen LogP contribution in [0.1, 0.15) is 26.3 Å². The first-order chi connectivity index (χ1) is 10.6. The number of amides is 1. The van der Waals surface area contributed by atoms with Gasteiger partial charge in [0, 0.05) is 0 Å². The van der Waals surface area contributed by atoms with Crippen LogP contribution in [0.4, 0.5) is 13.2 Å². The predicted molar refractivity (Wildman–Crippen MR) is 77.4 cm³/mol. The van der Waals surface area contributed by atoms with Crippen LogP contribution in [-0.2, 0) is 6.18 Å². The Balaban J connectivity index is 2.68. The standard InChI is InChI=1S/C15H9ClF3NO3/c16-12-2-1-7(6-11(12)13(20)21)8-3-9(14(22)23)5-10(4-8)15(17,18)19/h1-6H,(H2,20,21)(H,22,23). The zero-order valence-corrected chi connectivity index (χ0v) is 12.1. The number of halogens is 4. The Hall–Kier alpha value is -2.54. The van der Waals surface area contributed by atoms with Crippen molar-refractivity contribution in [3.63, 3.8) is 0 Å². The summed E-state index contributed by atoms with van der Waals surface area (Å²) in [5, 5.41) is 9.02. The SMILES string of the molecule is NC(=O)c1cc(-c2cc(C(=O)O)cc(C(F)(F)F)c2)ccc1Cl. The van der Waals surface area contributed by atoms with E-state index in [2.05, 4.69) is 0 Å². The average molecular weight is 344 g/mol. The fourth-order valence-electron chi connectivity index (χ4n) is 1.98. The van der Waals surface area contributed by atoms with Crippen LogP contribution in [-0.4, -0.2) is 17.0 Å². The summed E-state index contributed by atoms with van der Waals surface area (Å²) in [6, 6.07) is 6.29. The normalized spacial score (nSPS) is 11.3. The number of carboxylic acids is 1. The molecule has 0 heterocycles. The van der Waals surface area contributed by atoms with Gasteiger partial charge in [-0.3, -0.25) is 4.79 Å². The highest BCUT2D eigenvalue weighted by Gasteiger charge is 2.32. The zero-order chi connectivity index (χ0) is 17.4. The number of benzene rings is 2. The smallest absolute Gasteiger partial charge is 0.416 e. The van der Waals surface area contributed by atoms with E-state index in [-0.39, 0.29) is 21.7 Å². The van der Waals surface area contributed by atoms with Crippen molar-refractivity contribution in [1.29, 1.82) is 0 Å². The summed E-state index contributed by atoms with van der Waals surface area (Å²) >= 11 is 5.79. The molecule has 0 atom stereocenters. The van der Waals surface area contributed by atoms with Gasteiger partial charge < -0.3 is 10.8 Å². The largest absolute Gasteiger partial charge is 0.478 e. The molecular weight excluding hydrogens is 335 g/mol. The molecule has 2 aromatic rings. The van der Waals surface area contributed by atoms with Gasteiger partial charge >= 0.3 is 12.1 Å². The number of hydrogen-bond donors (Lipinski definition) is 2. The molecule has 0 saturated carbocycles. The maximum absolute atomic E-state index is 12.9. The number of aromatic carboxylic acids is 1. The molecule has 0 unspecified atom stereocenters. The number of carboxylic acid groups (broad SMARTS) is 1. The number of nitrogens with two attached hydrogens (primary N) is 1. The molecule has 0 aliphatic carbocycles. The number of carbonyl (C=O) groups is 2. The van der Waals surface area contributed by atoms with Gasteiger partial charge in [-0.05, 0) is 41.5 Å². The van der Waals surface area contributed by atoms with Crippen LogP contribution >= 0.6 is 11.6 Å². The summed E-state index contributed by atoms with van der Waals surface area (Å²) in [6.45, 7) is 0. The van der Waals surface area contributed by atoms with E-state index in [9.17, 15) is 22.8 Å². The van der Waals surface area contributed by atoms with Crippen LogP contribution in [0.25, 0.3) is 11.1 Å². The highest BCUT2D eigenvalue weighted by molar-refractivity contribution is 6.33. The molecule has 0 saturated heterocycles. The number of rotatable bonds is 3. The summed E-state index contributed by atoms with van der Waals surface area (Å²) < 4.78 is 38.7. The second-order valence-corrected chi connectivity index (χ2v) is 5.07. The monoisotopic (exact) mass is 343 g/mol. The fourth-order valence-corrected chi connectivity index (χ4v) is 2.19. The molecule has 2 aromatic carbocycles. The van der Waals surface area contributed by atoms with Crippen LogP contribution < -0.4 is 5.73 Å². The first kappa shape index (κ1) is 16.8. The molecule has 4 nitrogen and oxygen atoms in total. The fraction of sp³-hybridized carbons (Fsp3) is 0.0667. The number of hydrogen-bond acceptors (Lipinski definition) is 2. The van der Waals surface area contributed by atoms with E-state index in [1.165, 1.54) is 18.2 Å². The Bertz CT molecular complexity index is 803. The Labute approximate surface area is 133 Å². The van der Waals surface area contributed by atoms with Crippen molar-refractivity contribution in [2.24, 2.45) is 5.73 Å². The molecule has 0 aromatic heterocycles. The van der Waals surface area contributed by atoms with E-state index < -0.39 is 29.2 Å². The minimum absolute atomic E-state index is 0.0172. The summed E-state index contributed by atoms with van der Waals surface area (Å²) in [5.74, 6) is -2.34. The topological polar surface area (TPSA) is 80.4 Å². The Kier molecular flexibility index (Phi) is 4.33. The van der Waals surface area contributed by atoms with E-state index in [4.69, 9.17) is 22.4 Å².